The maximum atomic E-state index is 12.9. The Morgan fingerprint density at radius 1 is 1.07 bits per heavy atom. The van der Waals surface area contributed by atoms with Crippen LogP contribution < -0.4 is 10.9 Å². The van der Waals surface area contributed by atoms with Crippen LogP contribution in [-0.2, 0) is 11.3 Å². The van der Waals surface area contributed by atoms with E-state index in [0.29, 0.717) is 22.3 Å². The Morgan fingerprint density at radius 3 is 2.57 bits per heavy atom. The van der Waals surface area contributed by atoms with Crippen LogP contribution in [0.25, 0.3) is 16.6 Å². The Morgan fingerprint density at radius 2 is 1.82 bits per heavy atom. The van der Waals surface area contributed by atoms with Crippen LogP contribution in [0.15, 0.2) is 65.8 Å². The summed E-state index contributed by atoms with van der Waals surface area (Å²) in [6.07, 6.45) is 3.47. The molecule has 4 rings (SSSR count). The lowest BCUT2D eigenvalue weighted by Gasteiger charge is -2.11. The third-order valence-corrected chi connectivity index (χ3v) is 4.62. The first-order valence-corrected chi connectivity index (χ1v) is 8.89. The molecule has 1 N–H and O–H groups in total. The fraction of sp³-hybridized carbons (Fsp3) is 0.143. The number of ketones is 1. The van der Waals surface area contributed by atoms with Crippen LogP contribution in [0.3, 0.4) is 0 Å². The number of rotatable bonds is 5. The lowest BCUT2D eigenvalue weighted by Crippen LogP contribution is -2.23. The van der Waals surface area contributed by atoms with Crippen LogP contribution in [0.1, 0.15) is 23.7 Å². The summed E-state index contributed by atoms with van der Waals surface area (Å²) in [5, 5.41) is 3.25. The van der Waals surface area contributed by atoms with Crippen molar-refractivity contribution >= 4 is 33.9 Å². The number of anilines is 1. The molecule has 0 fully saturated rings. The van der Waals surface area contributed by atoms with Crippen molar-refractivity contribution in [2.45, 2.75) is 19.9 Å². The molecular formula is C21H18N4O3. The van der Waals surface area contributed by atoms with Crippen molar-refractivity contribution in [1.82, 2.24) is 14.0 Å². The van der Waals surface area contributed by atoms with Crippen molar-refractivity contribution in [3.63, 3.8) is 0 Å². The van der Waals surface area contributed by atoms with Gasteiger partial charge >= 0.3 is 0 Å². The molecule has 0 aliphatic heterocycles. The fourth-order valence-corrected chi connectivity index (χ4v) is 3.30. The number of imidazole rings is 1. The van der Waals surface area contributed by atoms with Crippen LogP contribution in [0.2, 0.25) is 0 Å². The molecule has 0 spiro atoms. The van der Waals surface area contributed by atoms with E-state index >= 15 is 0 Å². The monoisotopic (exact) mass is 374 g/mol. The molecule has 0 saturated carbocycles. The SMILES string of the molecule is CC(=O)Nc1ccc(C(=O)CCn2c(=O)c3ccccc3n3cncc23)cc1. The quantitative estimate of drug-likeness (QED) is 0.544. The van der Waals surface area contributed by atoms with Crippen molar-refractivity contribution in [1.29, 1.82) is 0 Å². The van der Waals surface area contributed by atoms with E-state index in [1.54, 1.807) is 47.4 Å². The minimum absolute atomic E-state index is 0.0768. The number of benzene rings is 2. The van der Waals surface area contributed by atoms with Crippen molar-refractivity contribution in [3.05, 3.63) is 77.0 Å². The number of nitrogens with zero attached hydrogens (tertiary/aromatic N) is 3. The predicted octanol–water partition coefficient (Wildman–Crippen LogP) is 2.88. The van der Waals surface area contributed by atoms with Gasteiger partial charge in [-0.2, -0.15) is 0 Å². The zero-order valence-electron chi connectivity index (χ0n) is 15.3. The summed E-state index contributed by atoms with van der Waals surface area (Å²) in [6, 6.07) is 14.1. The normalized spacial score (nSPS) is 11.0. The van der Waals surface area contributed by atoms with Crippen LogP contribution in [0, 0.1) is 0 Å². The molecule has 0 atom stereocenters. The van der Waals surface area contributed by atoms with Gasteiger partial charge < -0.3 is 5.32 Å². The average molecular weight is 374 g/mol. The number of carbonyl (C=O) groups excluding carboxylic acids is 2. The van der Waals surface area contributed by atoms with Gasteiger partial charge in [0.1, 0.15) is 12.0 Å². The first kappa shape index (κ1) is 17.7. The third-order valence-electron chi connectivity index (χ3n) is 4.62. The number of hydrogen-bond donors (Lipinski definition) is 1. The van der Waals surface area contributed by atoms with E-state index in [9.17, 15) is 14.4 Å². The second-order valence-corrected chi connectivity index (χ2v) is 6.53. The molecule has 7 heteroatoms. The molecule has 0 saturated heterocycles. The molecule has 0 bridgehead atoms. The largest absolute Gasteiger partial charge is 0.326 e. The molecule has 0 radical (unpaired) electrons. The topological polar surface area (TPSA) is 85.5 Å². The summed E-state index contributed by atoms with van der Waals surface area (Å²) in [4.78, 5) is 40.7. The minimum Gasteiger partial charge on any atom is -0.326 e. The number of aryl methyl sites for hydroxylation is 1. The average Bonchev–Trinajstić information content (AvgIpc) is 3.18. The summed E-state index contributed by atoms with van der Waals surface area (Å²) in [7, 11) is 0. The van der Waals surface area contributed by atoms with Crippen LogP contribution in [0.5, 0.6) is 0 Å². The van der Waals surface area contributed by atoms with Gasteiger partial charge in [0.25, 0.3) is 5.56 Å². The highest BCUT2D eigenvalue weighted by molar-refractivity contribution is 5.97. The Hall–Kier alpha value is -3.74. The summed E-state index contributed by atoms with van der Waals surface area (Å²) < 4.78 is 3.43. The highest BCUT2D eigenvalue weighted by Gasteiger charge is 2.13. The van der Waals surface area contributed by atoms with Crippen LogP contribution in [-0.4, -0.2) is 25.6 Å². The van der Waals surface area contributed by atoms with Gasteiger partial charge in [0, 0.05) is 31.1 Å². The second kappa shape index (κ2) is 7.11. The van der Waals surface area contributed by atoms with Gasteiger partial charge in [-0.1, -0.05) is 12.1 Å². The van der Waals surface area contributed by atoms with Crippen molar-refractivity contribution in [3.8, 4) is 0 Å². The predicted molar refractivity (Wildman–Crippen MR) is 107 cm³/mol. The molecule has 0 aliphatic rings. The van der Waals surface area contributed by atoms with Gasteiger partial charge in [-0.05, 0) is 36.4 Å². The number of amides is 1. The maximum absolute atomic E-state index is 12.9. The third kappa shape index (κ3) is 3.18. The number of nitrogens with one attached hydrogen (secondary N) is 1. The Balaban J connectivity index is 1.61. The molecule has 140 valence electrons. The van der Waals surface area contributed by atoms with Crippen molar-refractivity contribution in [2.75, 3.05) is 5.32 Å². The standard InChI is InChI=1S/C21H18N4O3/c1-14(26)23-16-8-6-15(7-9-16)19(27)10-11-24-20-12-22-13-25(20)18-5-3-2-4-17(18)21(24)28/h2-9,12-13H,10-11H2,1H3,(H,23,26). The number of para-hydroxylation sites is 1. The molecule has 0 unspecified atom stereocenters. The smallest absolute Gasteiger partial charge is 0.261 e. The van der Waals surface area contributed by atoms with Gasteiger partial charge in [-0.3, -0.25) is 23.4 Å². The first-order chi connectivity index (χ1) is 13.5. The van der Waals surface area contributed by atoms with E-state index in [4.69, 9.17) is 0 Å². The molecular weight excluding hydrogens is 356 g/mol. The molecule has 2 aromatic carbocycles. The highest BCUT2D eigenvalue weighted by atomic mass is 16.1. The van der Waals surface area contributed by atoms with E-state index in [2.05, 4.69) is 10.3 Å². The Kier molecular flexibility index (Phi) is 4.49. The first-order valence-electron chi connectivity index (χ1n) is 8.89. The number of fused-ring (bicyclic) bond motifs is 3. The number of hydrogen-bond acceptors (Lipinski definition) is 4. The number of aromatic nitrogens is 3. The Bertz CT molecular complexity index is 1250. The van der Waals surface area contributed by atoms with Crippen molar-refractivity contribution < 1.29 is 9.59 Å². The maximum Gasteiger partial charge on any atom is 0.261 e. The van der Waals surface area contributed by atoms with Gasteiger partial charge in [-0.25, -0.2) is 4.98 Å². The molecule has 4 aromatic rings. The van der Waals surface area contributed by atoms with E-state index in [0.717, 1.165) is 5.52 Å². The Labute approximate surface area is 160 Å². The summed E-state index contributed by atoms with van der Waals surface area (Å²) in [5.41, 5.74) is 2.47. The van der Waals surface area contributed by atoms with Gasteiger partial charge in [0.2, 0.25) is 5.91 Å². The molecule has 1 amide bonds. The van der Waals surface area contributed by atoms with E-state index in [1.807, 2.05) is 22.6 Å². The molecule has 2 heterocycles. The van der Waals surface area contributed by atoms with Crippen LogP contribution >= 0.6 is 0 Å². The molecule has 7 nitrogen and oxygen atoms in total. The van der Waals surface area contributed by atoms with Gasteiger partial charge in [0.15, 0.2) is 5.78 Å². The molecule has 28 heavy (non-hydrogen) atoms. The minimum atomic E-state index is -0.167. The van der Waals surface area contributed by atoms with Crippen LogP contribution in [0.4, 0.5) is 5.69 Å². The second-order valence-electron chi connectivity index (χ2n) is 6.53. The summed E-state index contributed by atoms with van der Waals surface area (Å²) >= 11 is 0. The van der Waals surface area contributed by atoms with Crippen molar-refractivity contribution in [2.24, 2.45) is 0 Å². The van der Waals surface area contributed by atoms with E-state index in [1.165, 1.54) is 6.92 Å². The zero-order chi connectivity index (χ0) is 19.7. The lowest BCUT2D eigenvalue weighted by molar-refractivity contribution is -0.114. The fourth-order valence-electron chi connectivity index (χ4n) is 3.30. The molecule has 2 aromatic heterocycles. The van der Waals surface area contributed by atoms with Gasteiger partial charge in [-0.15, -0.1) is 0 Å². The van der Waals surface area contributed by atoms with Gasteiger partial charge in [0.05, 0.1) is 17.1 Å². The highest BCUT2D eigenvalue weighted by Crippen LogP contribution is 2.15. The van der Waals surface area contributed by atoms with E-state index < -0.39 is 0 Å². The lowest BCUT2D eigenvalue weighted by atomic mass is 10.1. The van der Waals surface area contributed by atoms with E-state index in [-0.39, 0.29) is 30.2 Å². The number of carbonyl (C=O) groups is 2. The zero-order valence-corrected chi connectivity index (χ0v) is 15.3. The summed E-state index contributed by atoms with van der Waals surface area (Å²) in [6.45, 7) is 1.68. The summed E-state index contributed by atoms with van der Waals surface area (Å²) in [5.74, 6) is -0.244. The molecule has 0 aliphatic carbocycles. The number of Topliss-reactive ketones (excluding diaryl/α,β-unsaturated/α-hetero) is 1.